The quantitative estimate of drug-likeness (QED) is 0.702. The molecule has 8 heteroatoms. The molecule has 8 nitrogen and oxygen atoms in total. The monoisotopic (exact) mass is 300 g/mol. The van der Waals surface area contributed by atoms with E-state index in [0.29, 0.717) is 30.0 Å². The van der Waals surface area contributed by atoms with Gasteiger partial charge in [-0.15, -0.1) is 0 Å². The van der Waals surface area contributed by atoms with Crippen molar-refractivity contribution in [2.24, 2.45) is 0 Å². The van der Waals surface area contributed by atoms with E-state index < -0.39 is 17.8 Å². The molecule has 22 heavy (non-hydrogen) atoms. The SMILES string of the molecule is O=C1NCCN(c2ccc(-c3cc(C(=O)O)[nH]n3)cc2)C1=O. The fraction of sp³-hybridized carbons (Fsp3) is 0.143. The van der Waals surface area contributed by atoms with Crippen LogP contribution in [0.5, 0.6) is 0 Å². The summed E-state index contributed by atoms with van der Waals surface area (Å²) in [5.74, 6) is -2.29. The van der Waals surface area contributed by atoms with Gasteiger partial charge in [0.25, 0.3) is 0 Å². The van der Waals surface area contributed by atoms with Crippen LogP contribution in [-0.4, -0.2) is 46.2 Å². The fourth-order valence-corrected chi connectivity index (χ4v) is 2.22. The van der Waals surface area contributed by atoms with E-state index in [4.69, 9.17) is 5.11 Å². The third-order valence-electron chi connectivity index (χ3n) is 3.34. The number of aromatic carboxylic acids is 1. The number of hydrogen-bond donors (Lipinski definition) is 3. The number of hydrogen-bond acceptors (Lipinski definition) is 4. The van der Waals surface area contributed by atoms with Gasteiger partial charge in [0.15, 0.2) is 0 Å². The van der Waals surface area contributed by atoms with Gasteiger partial charge < -0.3 is 15.3 Å². The zero-order valence-electron chi connectivity index (χ0n) is 11.4. The number of carbonyl (C=O) groups excluding carboxylic acids is 2. The molecule has 1 aliphatic rings. The Kier molecular flexibility index (Phi) is 3.34. The Hall–Kier alpha value is -3.16. The van der Waals surface area contributed by atoms with Gasteiger partial charge in [-0.05, 0) is 18.2 Å². The van der Waals surface area contributed by atoms with E-state index in [1.807, 2.05) is 0 Å². The first-order valence-electron chi connectivity index (χ1n) is 6.55. The zero-order valence-corrected chi connectivity index (χ0v) is 11.4. The number of amides is 2. The van der Waals surface area contributed by atoms with E-state index in [2.05, 4.69) is 15.5 Å². The molecule has 112 valence electrons. The van der Waals surface area contributed by atoms with Gasteiger partial charge in [0.1, 0.15) is 5.69 Å². The number of H-pyrrole nitrogens is 1. The summed E-state index contributed by atoms with van der Waals surface area (Å²) in [5.41, 5.74) is 1.81. The fourth-order valence-electron chi connectivity index (χ4n) is 2.22. The topological polar surface area (TPSA) is 115 Å². The highest BCUT2D eigenvalue weighted by Crippen LogP contribution is 2.23. The number of nitrogens with zero attached hydrogens (tertiary/aromatic N) is 2. The van der Waals surface area contributed by atoms with Crippen molar-refractivity contribution in [2.45, 2.75) is 0 Å². The van der Waals surface area contributed by atoms with Crippen LogP contribution in [0.3, 0.4) is 0 Å². The molecule has 1 fully saturated rings. The van der Waals surface area contributed by atoms with Crippen molar-refractivity contribution in [3.05, 3.63) is 36.0 Å². The van der Waals surface area contributed by atoms with Gasteiger partial charge in [-0.2, -0.15) is 5.10 Å². The van der Waals surface area contributed by atoms with Gasteiger partial charge in [-0.3, -0.25) is 14.7 Å². The van der Waals surface area contributed by atoms with Crippen LogP contribution >= 0.6 is 0 Å². The van der Waals surface area contributed by atoms with E-state index in [0.717, 1.165) is 0 Å². The van der Waals surface area contributed by atoms with Crippen molar-refractivity contribution in [1.82, 2.24) is 15.5 Å². The summed E-state index contributed by atoms with van der Waals surface area (Å²) < 4.78 is 0. The number of nitrogens with one attached hydrogen (secondary N) is 2. The summed E-state index contributed by atoms with van der Waals surface area (Å²) in [7, 11) is 0. The molecule has 3 N–H and O–H groups in total. The number of aromatic amines is 1. The molecule has 0 unspecified atom stereocenters. The van der Waals surface area contributed by atoms with Gasteiger partial charge in [0.05, 0.1) is 5.69 Å². The lowest BCUT2D eigenvalue weighted by atomic mass is 10.1. The second kappa shape index (κ2) is 5.32. The van der Waals surface area contributed by atoms with Crippen molar-refractivity contribution in [3.8, 4) is 11.3 Å². The number of carboxylic acid groups (broad SMARTS) is 1. The summed E-state index contributed by atoms with van der Waals surface area (Å²) in [6.45, 7) is 0.823. The van der Waals surface area contributed by atoms with Crippen molar-refractivity contribution in [1.29, 1.82) is 0 Å². The maximum Gasteiger partial charge on any atom is 0.353 e. The second-order valence-corrected chi connectivity index (χ2v) is 4.73. The molecule has 0 bridgehead atoms. The molecule has 0 radical (unpaired) electrons. The first kappa shape index (κ1) is 13.8. The molecule has 2 amide bonds. The smallest absolute Gasteiger partial charge is 0.353 e. The van der Waals surface area contributed by atoms with E-state index in [1.165, 1.54) is 11.0 Å². The molecule has 1 saturated heterocycles. The van der Waals surface area contributed by atoms with Crippen LogP contribution in [0.2, 0.25) is 0 Å². The normalized spacial score (nSPS) is 14.8. The summed E-state index contributed by atoms with van der Waals surface area (Å²) in [5, 5.41) is 17.7. The van der Waals surface area contributed by atoms with Crippen LogP contribution in [0, 0.1) is 0 Å². The largest absolute Gasteiger partial charge is 0.477 e. The zero-order chi connectivity index (χ0) is 15.7. The molecule has 3 rings (SSSR count). The lowest BCUT2D eigenvalue weighted by Gasteiger charge is -2.26. The van der Waals surface area contributed by atoms with Crippen LogP contribution in [0.15, 0.2) is 30.3 Å². The number of carboxylic acids is 1. The number of benzene rings is 1. The van der Waals surface area contributed by atoms with Gasteiger partial charge in [0.2, 0.25) is 0 Å². The minimum absolute atomic E-state index is 0.00181. The predicted molar refractivity (Wildman–Crippen MR) is 76.3 cm³/mol. The van der Waals surface area contributed by atoms with Crippen molar-refractivity contribution in [2.75, 3.05) is 18.0 Å². The highest BCUT2D eigenvalue weighted by molar-refractivity contribution is 6.41. The number of aromatic nitrogens is 2. The van der Waals surface area contributed by atoms with Crippen LogP contribution in [0.1, 0.15) is 10.5 Å². The van der Waals surface area contributed by atoms with Crippen LogP contribution in [0.4, 0.5) is 5.69 Å². The summed E-state index contributed by atoms with van der Waals surface area (Å²) in [6.07, 6.45) is 0. The van der Waals surface area contributed by atoms with Crippen molar-refractivity contribution in [3.63, 3.8) is 0 Å². The molecule has 0 spiro atoms. The Balaban J connectivity index is 1.84. The molecule has 0 atom stereocenters. The molecular formula is C14H12N4O4. The van der Waals surface area contributed by atoms with E-state index in [9.17, 15) is 14.4 Å². The third kappa shape index (κ3) is 2.41. The van der Waals surface area contributed by atoms with E-state index >= 15 is 0 Å². The van der Waals surface area contributed by atoms with E-state index in [-0.39, 0.29) is 5.69 Å². The minimum Gasteiger partial charge on any atom is -0.477 e. The average molecular weight is 300 g/mol. The predicted octanol–water partition coefficient (Wildman–Crippen LogP) is 0.238. The van der Waals surface area contributed by atoms with Crippen molar-refractivity contribution < 1.29 is 19.5 Å². The summed E-state index contributed by atoms with van der Waals surface area (Å²) in [4.78, 5) is 35.4. The lowest BCUT2D eigenvalue weighted by Crippen LogP contribution is -2.52. The lowest BCUT2D eigenvalue weighted by molar-refractivity contribution is -0.138. The molecule has 0 aliphatic carbocycles. The Bertz CT molecular complexity index is 750. The molecular weight excluding hydrogens is 288 g/mol. The van der Waals surface area contributed by atoms with Crippen LogP contribution < -0.4 is 10.2 Å². The maximum atomic E-state index is 11.8. The molecule has 1 aromatic heterocycles. The number of rotatable bonds is 3. The van der Waals surface area contributed by atoms with Crippen molar-refractivity contribution >= 4 is 23.5 Å². The number of carbonyl (C=O) groups is 3. The Morgan fingerprint density at radius 1 is 1.23 bits per heavy atom. The standard InChI is InChI=1S/C14H12N4O4/c19-12-13(20)18(6-5-15-12)9-3-1-8(2-4-9)10-7-11(14(21)22)17-16-10/h1-4,7H,5-6H2,(H,15,19)(H,16,17)(H,21,22). The van der Waals surface area contributed by atoms with Crippen LogP contribution in [0.25, 0.3) is 11.3 Å². The van der Waals surface area contributed by atoms with E-state index in [1.54, 1.807) is 24.3 Å². The number of anilines is 1. The first-order valence-corrected chi connectivity index (χ1v) is 6.55. The molecule has 1 aromatic carbocycles. The second-order valence-electron chi connectivity index (χ2n) is 4.73. The highest BCUT2D eigenvalue weighted by Gasteiger charge is 2.27. The number of piperazine rings is 1. The van der Waals surface area contributed by atoms with Gasteiger partial charge >= 0.3 is 17.8 Å². The Morgan fingerprint density at radius 2 is 1.95 bits per heavy atom. The molecule has 1 aliphatic heterocycles. The Labute approximate surface area is 124 Å². The summed E-state index contributed by atoms with van der Waals surface area (Å²) in [6, 6.07) is 8.26. The average Bonchev–Trinajstić information content (AvgIpc) is 3.00. The van der Waals surface area contributed by atoms with Gasteiger partial charge in [-0.25, -0.2) is 4.79 Å². The highest BCUT2D eigenvalue weighted by atomic mass is 16.4. The first-order chi connectivity index (χ1) is 10.6. The molecule has 0 saturated carbocycles. The maximum absolute atomic E-state index is 11.8. The van der Waals surface area contributed by atoms with Gasteiger partial charge in [0, 0.05) is 24.3 Å². The third-order valence-corrected chi connectivity index (χ3v) is 3.34. The van der Waals surface area contributed by atoms with Crippen LogP contribution in [-0.2, 0) is 9.59 Å². The minimum atomic E-state index is -1.08. The molecule has 2 aromatic rings. The summed E-state index contributed by atoms with van der Waals surface area (Å²) >= 11 is 0. The molecule has 2 heterocycles. The van der Waals surface area contributed by atoms with Gasteiger partial charge in [-0.1, -0.05) is 12.1 Å². The Morgan fingerprint density at radius 3 is 2.59 bits per heavy atom.